The van der Waals surface area contributed by atoms with Gasteiger partial charge in [-0.25, -0.2) is 0 Å². The fourth-order valence-electron chi connectivity index (χ4n) is 2.09. The first kappa shape index (κ1) is 13.4. The Balaban J connectivity index is 2.20. The van der Waals surface area contributed by atoms with E-state index in [0.717, 1.165) is 12.8 Å². The van der Waals surface area contributed by atoms with Crippen LogP contribution in [0.4, 0.5) is 11.4 Å². The van der Waals surface area contributed by atoms with Crippen molar-refractivity contribution in [3.63, 3.8) is 0 Å². The van der Waals surface area contributed by atoms with Crippen LogP contribution >= 0.6 is 23.2 Å². The highest BCUT2D eigenvalue weighted by atomic mass is 35.5. The van der Waals surface area contributed by atoms with Crippen molar-refractivity contribution in [3.05, 3.63) is 32.3 Å². The Kier molecular flexibility index (Phi) is 3.69. The fourth-order valence-corrected chi connectivity index (χ4v) is 2.42. The quantitative estimate of drug-likeness (QED) is 0.655. The van der Waals surface area contributed by atoms with Crippen molar-refractivity contribution in [2.45, 2.75) is 26.2 Å². The molecule has 4 nitrogen and oxygen atoms in total. The predicted molar refractivity (Wildman–Crippen MR) is 73.6 cm³/mol. The van der Waals surface area contributed by atoms with Crippen LogP contribution in [-0.2, 0) is 0 Å². The lowest BCUT2D eigenvalue weighted by atomic mass is 9.70. The van der Waals surface area contributed by atoms with Crippen LogP contribution in [0.3, 0.4) is 0 Å². The van der Waals surface area contributed by atoms with E-state index in [-0.39, 0.29) is 16.1 Å². The maximum atomic E-state index is 11.0. The van der Waals surface area contributed by atoms with Crippen molar-refractivity contribution in [3.8, 4) is 0 Å². The predicted octanol–water partition coefficient (Wildman–Crippen LogP) is 4.50. The summed E-state index contributed by atoms with van der Waals surface area (Å²) >= 11 is 11.7. The van der Waals surface area contributed by atoms with Gasteiger partial charge in [-0.3, -0.25) is 10.1 Å². The molecule has 0 radical (unpaired) electrons. The van der Waals surface area contributed by atoms with Gasteiger partial charge in [0.05, 0.1) is 15.0 Å². The van der Waals surface area contributed by atoms with Crippen LogP contribution in [0.15, 0.2) is 12.1 Å². The molecule has 0 atom stereocenters. The number of hydrogen-bond acceptors (Lipinski definition) is 3. The molecule has 0 saturated heterocycles. The highest BCUT2D eigenvalue weighted by molar-refractivity contribution is 6.42. The van der Waals surface area contributed by atoms with Crippen LogP contribution in [0.1, 0.15) is 26.2 Å². The van der Waals surface area contributed by atoms with E-state index in [1.54, 1.807) is 0 Å². The van der Waals surface area contributed by atoms with Crippen LogP contribution < -0.4 is 5.32 Å². The maximum Gasteiger partial charge on any atom is 0.293 e. The number of anilines is 1. The van der Waals surface area contributed by atoms with Gasteiger partial charge in [0.15, 0.2) is 0 Å². The van der Waals surface area contributed by atoms with E-state index in [1.807, 2.05) is 0 Å². The zero-order chi connectivity index (χ0) is 13.3. The summed E-state index contributed by atoms with van der Waals surface area (Å²) in [5.41, 5.74) is 0.634. The Bertz CT molecular complexity index is 487. The van der Waals surface area contributed by atoms with Crippen LogP contribution in [-0.4, -0.2) is 11.5 Å². The lowest BCUT2D eigenvalue weighted by Gasteiger charge is -2.38. The van der Waals surface area contributed by atoms with Gasteiger partial charge < -0.3 is 5.32 Å². The summed E-state index contributed by atoms with van der Waals surface area (Å²) in [6, 6.07) is 2.80. The van der Waals surface area contributed by atoms with Gasteiger partial charge in [-0.1, -0.05) is 36.5 Å². The largest absolute Gasteiger partial charge is 0.379 e. The van der Waals surface area contributed by atoms with Gasteiger partial charge in [-0.05, 0) is 24.3 Å². The van der Waals surface area contributed by atoms with Crippen LogP contribution in [0.2, 0.25) is 10.0 Å². The SMILES string of the molecule is CC1(CNc2cc(Cl)c(Cl)cc2[N+](=O)[O-])CCC1. The molecule has 1 aliphatic carbocycles. The molecule has 0 amide bonds. The number of nitrogens with zero attached hydrogens (tertiary/aromatic N) is 1. The summed E-state index contributed by atoms with van der Waals surface area (Å²) in [6.07, 6.45) is 3.52. The lowest BCUT2D eigenvalue weighted by Crippen LogP contribution is -2.33. The number of nitrogens with one attached hydrogen (secondary N) is 1. The molecule has 18 heavy (non-hydrogen) atoms. The highest BCUT2D eigenvalue weighted by Crippen LogP contribution is 2.41. The molecule has 1 aliphatic rings. The van der Waals surface area contributed by atoms with E-state index < -0.39 is 4.92 Å². The van der Waals surface area contributed by atoms with Gasteiger partial charge in [0, 0.05) is 12.6 Å². The third-order valence-corrected chi connectivity index (χ3v) is 4.22. The first-order chi connectivity index (χ1) is 8.41. The molecule has 0 spiro atoms. The number of nitro groups is 1. The number of benzene rings is 1. The maximum absolute atomic E-state index is 11.0. The molecule has 0 aromatic heterocycles. The van der Waals surface area contributed by atoms with Gasteiger partial charge in [-0.2, -0.15) is 0 Å². The van der Waals surface area contributed by atoms with Crippen molar-refractivity contribution < 1.29 is 4.92 Å². The molecule has 6 heteroatoms. The zero-order valence-electron chi connectivity index (χ0n) is 10.0. The van der Waals surface area contributed by atoms with Crippen LogP contribution in [0.5, 0.6) is 0 Å². The second-order valence-corrected chi connectivity index (χ2v) is 5.87. The minimum absolute atomic E-state index is 0.0349. The van der Waals surface area contributed by atoms with Crippen molar-refractivity contribution >= 4 is 34.6 Å². The average Bonchev–Trinajstić information content (AvgIpc) is 2.27. The molecule has 1 aromatic carbocycles. The minimum Gasteiger partial charge on any atom is -0.379 e. The lowest BCUT2D eigenvalue weighted by molar-refractivity contribution is -0.383. The van der Waals surface area contributed by atoms with E-state index >= 15 is 0 Å². The first-order valence-corrected chi connectivity index (χ1v) is 6.54. The van der Waals surface area contributed by atoms with E-state index in [0.29, 0.717) is 17.3 Å². The summed E-state index contributed by atoms with van der Waals surface area (Å²) in [7, 11) is 0. The molecule has 0 unspecified atom stereocenters. The van der Waals surface area contributed by atoms with Gasteiger partial charge in [0.2, 0.25) is 0 Å². The summed E-state index contributed by atoms with van der Waals surface area (Å²) in [5, 5.41) is 14.6. The molecule has 1 N–H and O–H groups in total. The van der Waals surface area contributed by atoms with E-state index in [1.165, 1.54) is 18.6 Å². The summed E-state index contributed by atoms with van der Waals surface area (Å²) in [5.74, 6) is 0. The van der Waals surface area contributed by atoms with E-state index in [4.69, 9.17) is 23.2 Å². The Morgan fingerprint density at radius 3 is 2.50 bits per heavy atom. The minimum atomic E-state index is -0.451. The molecule has 0 aliphatic heterocycles. The second-order valence-electron chi connectivity index (χ2n) is 5.06. The zero-order valence-corrected chi connectivity index (χ0v) is 11.5. The summed E-state index contributed by atoms with van der Waals surface area (Å²) in [4.78, 5) is 10.5. The summed E-state index contributed by atoms with van der Waals surface area (Å²) < 4.78 is 0. The van der Waals surface area contributed by atoms with Crippen molar-refractivity contribution in [1.29, 1.82) is 0 Å². The van der Waals surface area contributed by atoms with Gasteiger partial charge >= 0.3 is 0 Å². The molecule has 0 heterocycles. The molecular weight excluding hydrogens is 275 g/mol. The highest BCUT2D eigenvalue weighted by Gasteiger charge is 2.32. The second kappa shape index (κ2) is 4.94. The third-order valence-electron chi connectivity index (χ3n) is 3.50. The van der Waals surface area contributed by atoms with Crippen molar-refractivity contribution in [2.75, 3.05) is 11.9 Å². The first-order valence-electron chi connectivity index (χ1n) is 5.79. The molecule has 2 rings (SSSR count). The average molecular weight is 289 g/mol. The van der Waals surface area contributed by atoms with Gasteiger partial charge in [0.25, 0.3) is 5.69 Å². The van der Waals surface area contributed by atoms with Crippen LogP contribution in [0, 0.1) is 15.5 Å². The molecule has 0 bridgehead atoms. The number of rotatable bonds is 4. The van der Waals surface area contributed by atoms with Crippen LogP contribution in [0.25, 0.3) is 0 Å². The number of halogens is 2. The topological polar surface area (TPSA) is 55.2 Å². The normalized spacial score (nSPS) is 17.1. The molecule has 98 valence electrons. The van der Waals surface area contributed by atoms with Gasteiger partial charge in [0.1, 0.15) is 5.69 Å². The third kappa shape index (κ3) is 2.70. The number of hydrogen-bond donors (Lipinski definition) is 1. The van der Waals surface area contributed by atoms with Gasteiger partial charge in [-0.15, -0.1) is 0 Å². The smallest absolute Gasteiger partial charge is 0.293 e. The Hall–Kier alpha value is -1.00. The molecule has 1 fully saturated rings. The molecule has 1 aromatic rings. The van der Waals surface area contributed by atoms with Crippen molar-refractivity contribution in [1.82, 2.24) is 0 Å². The standard InChI is InChI=1S/C12H14Cl2N2O2/c1-12(3-2-4-12)7-15-10-5-8(13)9(14)6-11(10)16(17)18/h5-6,15H,2-4,7H2,1H3. The molecule has 1 saturated carbocycles. The Labute approximate surface area is 115 Å². The Morgan fingerprint density at radius 2 is 2.00 bits per heavy atom. The van der Waals surface area contributed by atoms with Crippen molar-refractivity contribution in [2.24, 2.45) is 5.41 Å². The fraction of sp³-hybridized carbons (Fsp3) is 0.500. The number of nitro benzene ring substituents is 1. The Morgan fingerprint density at radius 1 is 1.39 bits per heavy atom. The van der Waals surface area contributed by atoms with E-state index in [9.17, 15) is 10.1 Å². The molecular formula is C12H14Cl2N2O2. The summed E-state index contributed by atoms with van der Waals surface area (Å²) in [6.45, 7) is 2.89. The monoisotopic (exact) mass is 288 g/mol. The van der Waals surface area contributed by atoms with E-state index in [2.05, 4.69) is 12.2 Å².